The van der Waals surface area contributed by atoms with E-state index in [1.54, 1.807) is 12.1 Å². The largest absolute Gasteiger partial charge is 0.508 e. The van der Waals surface area contributed by atoms with Gasteiger partial charge in [-0.3, -0.25) is 0 Å². The van der Waals surface area contributed by atoms with Crippen LogP contribution in [0.4, 0.5) is 0 Å². The Kier molecular flexibility index (Phi) is 4.33. The van der Waals surface area contributed by atoms with E-state index >= 15 is 0 Å². The van der Waals surface area contributed by atoms with Gasteiger partial charge in [-0.2, -0.15) is 0 Å². The molecular weight excluding hydrogens is 202 g/mol. The maximum atomic E-state index is 9.86. The monoisotopic (exact) mass is 223 g/mol. The molecule has 3 N–H and O–H groups in total. The van der Waals surface area contributed by atoms with Gasteiger partial charge in [0.05, 0.1) is 5.60 Å². The number of phenols is 1. The molecule has 0 saturated carbocycles. The number of rotatable bonds is 5. The second kappa shape index (κ2) is 5.32. The van der Waals surface area contributed by atoms with Crippen LogP contribution in [0.1, 0.15) is 38.8 Å². The molecule has 90 valence electrons. The van der Waals surface area contributed by atoms with Gasteiger partial charge in [0, 0.05) is 12.6 Å². The van der Waals surface area contributed by atoms with Crippen molar-refractivity contribution in [1.82, 2.24) is 5.32 Å². The summed E-state index contributed by atoms with van der Waals surface area (Å²) in [6, 6.07) is 7.27. The maximum absolute atomic E-state index is 9.86. The molecule has 0 fully saturated rings. The number of hydrogen-bond donors (Lipinski definition) is 3. The first-order valence-corrected chi connectivity index (χ1v) is 5.69. The van der Waals surface area contributed by atoms with Gasteiger partial charge in [0.2, 0.25) is 0 Å². The van der Waals surface area contributed by atoms with Gasteiger partial charge in [-0.1, -0.05) is 19.1 Å². The van der Waals surface area contributed by atoms with E-state index in [1.807, 2.05) is 32.9 Å². The molecule has 0 spiro atoms. The molecule has 3 heteroatoms. The van der Waals surface area contributed by atoms with Crippen molar-refractivity contribution in [2.75, 3.05) is 6.54 Å². The summed E-state index contributed by atoms with van der Waals surface area (Å²) in [6.07, 6.45) is 0.725. The molecule has 16 heavy (non-hydrogen) atoms. The third-order valence-corrected chi connectivity index (χ3v) is 2.94. The fourth-order valence-electron chi connectivity index (χ4n) is 1.38. The minimum Gasteiger partial charge on any atom is -0.508 e. The lowest BCUT2D eigenvalue weighted by Crippen LogP contribution is -2.38. The Morgan fingerprint density at radius 2 is 1.88 bits per heavy atom. The van der Waals surface area contributed by atoms with Crippen molar-refractivity contribution < 1.29 is 10.2 Å². The summed E-state index contributed by atoms with van der Waals surface area (Å²) in [6.45, 7) is 6.39. The molecule has 0 bridgehead atoms. The van der Waals surface area contributed by atoms with Gasteiger partial charge in [-0.25, -0.2) is 0 Å². The summed E-state index contributed by atoms with van der Waals surface area (Å²) >= 11 is 0. The third kappa shape index (κ3) is 3.83. The number of aromatic hydroxyl groups is 1. The molecular formula is C13H21NO2. The summed E-state index contributed by atoms with van der Waals surface area (Å²) in [5.74, 6) is 0.275. The highest BCUT2D eigenvalue weighted by Gasteiger charge is 2.18. The van der Waals surface area contributed by atoms with Crippen LogP contribution in [-0.2, 0) is 0 Å². The Labute approximate surface area is 97.1 Å². The first kappa shape index (κ1) is 13.0. The second-order valence-electron chi connectivity index (χ2n) is 4.54. The molecule has 0 radical (unpaired) electrons. The highest BCUT2D eigenvalue weighted by molar-refractivity contribution is 5.27. The highest BCUT2D eigenvalue weighted by Crippen LogP contribution is 2.17. The molecule has 2 unspecified atom stereocenters. The van der Waals surface area contributed by atoms with Crippen molar-refractivity contribution in [3.05, 3.63) is 29.8 Å². The molecule has 0 aliphatic rings. The smallest absolute Gasteiger partial charge is 0.115 e. The topological polar surface area (TPSA) is 52.5 Å². The average molecular weight is 223 g/mol. The lowest BCUT2D eigenvalue weighted by Gasteiger charge is -2.24. The Balaban J connectivity index is 2.53. The van der Waals surface area contributed by atoms with E-state index in [1.165, 1.54) is 0 Å². The normalized spacial score (nSPS) is 16.8. The quantitative estimate of drug-likeness (QED) is 0.717. The maximum Gasteiger partial charge on any atom is 0.115 e. The van der Waals surface area contributed by atoms with Crippen molar-refractivity contribution in [3.8, 4) is 5.75 Å². The molecule has 2 atom stereocenters. The molecule has 0 amide bonds. The van der Waals surface area contributed by atoms with Gasteiger partial charge >= 0.3 is 0 Å². The Hall–Kier alpha value is -1.06. The zero-order chi connectivity index (χ0) is 12.2. The van der Waals surface area contributed by atoms with Crippen LogP contribution in [0.2, 0.25) is 0 Å². The van der Waals surface area contributed by atoms with Crippen molar-refractivity contribution in [3.63, 3.8) is 0 Å². The van der Waals surface area contributed by atoms with E-state index in [4.69, 9.17) is 0 Å². The minimum absolute atomic E-state index is 0.165. The van der Waals surface area contributed by atoms with Gasteiger partial charge in [0.25, 0.3) is 0 Å². The molecule has 0 aliphatic carbocycles. The van der Waals surface area contributed by atoms with Gasteiger partial charge in [-0.05, 0) is 38.0 Å². The van der Waals surface area contributed by atoms with Crippen LogP contribution >= 0.6 is 0 Å². The molecule has 0 saturated heterocycles. The van der Waals surface area contributed by atoms with Crippen LogP contribution in [0.25, 0.3) is 0 Å². The first-order valence-electron chi connectivity index (χ1n) is 5.69. The number of phenolic OH excluding ortho intramolecular Hbond substituents is 1. The number of nitrogens with one attached hydrogen (secondary N) is 1. The van der Waals surface area contributed by atoms with Gasteiger partial charge in [0.1, 0.15) is 5.75 Å². The van der Waals surface area contributed by atoms with E-state index < -0.39 is 5.60 Å². The van der Waals surface area contributed by atoms with E-state index in [-0.39, 0.29) is 11.8 Å². The zero-order valence-corrected chi connectivity index (χ0v) is 10.2. The minimum atomic E-state index is -0.662. The molecule has 0 heterocycles. The number of hydrogen-bond acceptors (Lipinski definition) is 3. The predicted molar refractivity (Wildman–Crippen MR) is 65.4 cm³/mol. The highest BCUT2D eigenvalue weighted by atomic mass is 16.3. The van der Waals surface area contributed by atoms with Gasteiger partial charge in [-0.15, -0.1) is 0 Å². The summed E-state index contributed by atoms with van der Waals surface area (Å²) in [4.78, 5) is 0. The predicted octanol–water partition coefficient (Wildman–Crippen LogP) is 2.20. The van der Waals surface area contributed by atoms with E-state index in [0.29, 0.717) is 6.54 Å². The van der Waals surface area contributed by atoms with Crippen LogP contribution in [0, 0.1) is 0 Å². The summed E-state index contributed by atoms with van der Waals surface area (Å²) < 4.78 is 0. The molecule has 0 aliphatic heterocycles. The van der Waals surface area contributed by atoms with E-state index in [2.05, 4.69) is 5.32 Å². The average Bonchev–Trinajstić information content (AvgIpc) is 2.27. The van der Waals surface area contributed by atoms with Crippen LogP contribution in [0.15, 0.2) is 24.3 Å². The molecule has 1 aromatic rings. The van der Waals surface area contributed by atoms with Gasteiger partial charge in [0.15, 0.2) is 0 Å². The lowest BCUT2D eigenvalue weighted by atomic mass is 10.0. The SMILES string of the molecule is CCC(C)(O)CNC(C)c1ccc(O)cc1. The van der Waals surface area contributed by atoms with Gasteiger partial charge < -0.3 is 15.5 Å². The third-order valence-electron chi connectivity index (χ3n) is 2.94. The molecule has 1 aromatic carbocycles. The summed E-state index contributed by atoms with van der Waals surface area (Å²) in [7, 11) is 0. The fraction of sp³-hybridized carbons (Fsp3) is 0.538. The molecule has 0 aromatic heterocycles. The van der Waals surface area contributed by atoms with Crippen molar-refractivity contribution in [1.29, 1.82) is 0 Å². The van der Waals surface area contributed by atoms with Crippen LogP contribution in [-0.4, -0.2) is 22.4 Å². The van der Waals surface area contributed by atoms with E-state index in [9.17, 15) is 10.2 Å². The standard InChI is InChI=1S/C13H21NO2/c1-4-13(3,16)9-14-10(2)11-5-7-12(15)8-6-11/h5-8,10,14-16H,4,9H2,1-3H3. The summed E-state index contributed by atoms with van der Waals surface area (Å²) in [5, 5.41) is 22.3. The van der Waals surface area contributed by atoms with Crippen LogP contribution < -0.4 is 5.32 Å². The summed E-state index contributed by atoms with van der Waals surface area (Å²) in [5.41, 5.74) is 0.440. The van der Waals surface area contributed by atoms with Crippen LogP contribution in [0.5, 0.6) is 5.75 Å². The van der Waals surface area contributed by atoms with Crippen molar-refractivity contribution in [2.24, 2.45) is 0 Å². The van der Waals surface area contributed by atoms with Crippen molar-refractivity contribution >= 4 is 0 Å². The second-order valence-corrected chi connectivity index (χ2v) is 4.54. The lowest BCUT2D eigenvalue weighted by molar-refractivity contribution is 0.0533. The Morgan fingerprint density at radius 3 is 2.38 bits per heavy atom. The number of benzene rings is 1. The molecule has 3 nitrogen and oxygen atoms in total. The fourth-order valence-corrected chi connectivity index (χ4v) is 1.38. The van der Waals surface area contributed by atoms with E-state index in [0.717, 1.165) is 12.0 Å². The Bertz CT molecular complexity index is 319. The zero-order valence-electron chi connectivity index (χ0n) is 10.2. The number of aliphatic hydroxyl groups is 1. The Morgan fingerprint density at radius 1 is 1.31 bits per heavy atom. The van der Waals surface area contributed by atoms with Crippen LogP contribution in [0.3, 0.4) is 0 Å². The van der Waals surface area contributed by atoms with Crippen molar-refractivity contribution in [2.45, 2.75) is 38.8 Å². The first-order chi connectivity index (χ1) is 7.44. The molecule has 1 rings (SSSR count).